The first-order chi connectivity index (χ1) is 11.3. The number of aryl methyl sites for hydroxylation is 1. The van der Waals surface area contributed by atoms with Gasteiger partial charge in [0, 0.05) is 36.1 Å². The van der Waals surface area contributed by atoms with E-state index in [2.05, 4.69) is 10.3 Å². The zero-order valence-corrected chi connectivity index (χ0v) is 13.6. The normalized spacial score (nSPS) is 22.2. The van der Waals surface area contributed by atoms with Gasteiger partial charge in [-0.15, -0.1) is 0 Å². The average Bonchev–Trinajstić information content (AvgIpc) is 2.98. The first-order valence-corrected chi connectivity index (χ1v) is 7.89. The van der Waals surface area contributed by atoms with Crippen LogP contribution in [0.5, 0.6) is 0 Å². The van der Waals surface area contributed by atoms with Crippen LogP contribution in [-0.2, 0) is 11.2 Å². The fraction of sp³-hybridized carbons (Fsp3) is 0.471. The van der Waals surface area contributed by atoms with Gasteiger partial charge in [-0.05, 0) is 25.6 Å². The number of likely N-dealkylation sites (tertiary alicyclic amines) is 1. The number of β-amino-alcohol motifs (C(OH)–C–C–N with tert-alkyl or cyclic N) is 1. The number of aromatic amines is 1. The van der Waals surface area contributed by atoms with Gasteiger partial charge in [-0.2, -0.15) is 8.78 Å². The minimum atomic E-state index is -3.55. The largest absolute Gasteiger partial charge is 0.390 e. The molecule has 3 rings (SSSR count). The van der Waals surface area contributed by atoms with E-state index >= 15 is 0 Å². The summed E-state index contributed by atoms with van der Waals surface area (Å²) < 4.78 is 28.9. The Bertz CT molecular complexity index is 759. The fourth-order valence-corrected chi connectivity index (χ4v) is 3.26. The Morgan fingerprint density at radius 1 is 1.42 bits per heavy atom. The number of halogens is 2. The summed E-state index contributed by atoms with van der Waals surface area (Å²) in [5, 5.41) is 12.8. The molecular formula is C17H21F2N3O2. The number of nitrogens with zero attached hydrogens (tertiary/aromatic N) is 1. The van der Waals surface area contributed by atoms with E-state index in [1.807, 2.05) is 12.1 Å². The van der Waals surface area contributed by atoms with Crippen molar-refractivity contribution in [1.82, 2.24) is 15.2 Å². The van der Waals surface area contributed by atoms with Crippen LogP contribution in [0.4, 0.5) is 8.78 Å². The number of aromatic nitrogens is 1. The second kappa shape index (κ2) is 6.14. The topological polar surface area (TPSA) is 68.4 Å². The molecule has 2 heterocycles. The van der Waals surface area contributed by atoms with Gasteiger partial charge in [0.15, 0.2) is 0 Å². The van der Waals surface area contributed by atoms with E-state index in [1.165, 1.54) is 0 Å². The standard InChI is InChI=1S/C17H21F2N3O2/c1-10-12(11-5-3-4-6-13(11)20-10)7-17(18,19)16(24)21-14-8-22(2)9-15(14)23/h3-6,14-15,20,23H,7-9H2,1-2H3,(H,21,24)/t14-,15-/m1/s1. The highest BCUT2D eigenvalue weighted by atomic mass is 19.3. The minimum Gasteiger partial charge on any atom is -0.390 e. The summed E-state index contributed by atoms with van der Waals surface area (Å²) in [6, 6.07) is 6.51. The van der Waals surface area contributed by atoms with Crippen molar-refractivity contribution in [1.29, 1.82) is 0 Å². The number of nitrogens with one attached hydrogen (secondary N) is 2. The SMILES string of the molecule is Cc1[nH]c2ccccc2c1CC(F)(F)C(=O)N[C@@H]1CN(C)C[C@H]1O. The van der Waals surface area contributed by atoms with Crippen LogP contribution in [0.15, 0.2) is 24.3 Å². The molecule has 2 atom stereocenters. The average molecular weight is 337 g/mol. The maximum atomic E-state index is 14.4. The summed E-state index contributed by atoms with van der Waals surface area (Å²) >= 11 is 0. The molecule has 0 aliphatic carbocycles. The van der Waals surface area contributed by atoms with E-state index in [0.29, 0.717) is 29.7 Å². The van der Waals surface area contributed by atoms with E-state index in [-0.39, 0.29) is 0 Å². The van der Waals surface area contributed by atoms with Crippen molar-refractivity contribution in [3.8, 4) is 0 Å². The lowest BCUT2D eigenvalue weighted by atomic mass is 10.0. The summed E-state index contributed by atoms with van der Waals surface area (Å²) in [5.74, 6) is -4.89. The number of rotatable bonds is 4. The molecule has 24 heavy (non-hydrogen) atoms. The second-order valence-corrected chi connectivity index (χ2v) is 6.52. The molecule has 1 aliphatic rings. The zero-order valence-electron chi connectivity index (χ0n) is 13.6. The van der Waals surface area contributed by atoms with Crippen LogP contribution in [0.1, 0.15) is 11.3 Å². The van der Waals surface area contributed by atoms with Crippen LogP contribution in [0.2, 0.25) is 0 Å². The molecular weight excluding hydrogens is 316 g/mol. The molecule has 0 unspecified atom stereocenters. The first-order valence-electron chi connectivity index (χ1n) is 7.89. The van der Waals surface area contributed by atoms with Gasteiger partial charge in [-0.25, -0.2) is 0 Å². The minimum absolute atomic E-state index is 0.356. The highest BCUT2D eigenvalue weighted by Crippen LogP contribution is 2.29. The molecule has 1 amide bonds. The Morgan fingerprint density at radius 2 is 2.12 bits per heavy atom. The molecule has 7 heteroatoms. The van der Waals surface area contributed by atoms with Crippen molar-refractivity contribution in [2.24, 2.45) is 0 Å². The number of aliphatic hydroxyl groups excluding tert-OH is 1. The van der Waals surface area contributed by atoms with Gasteiger partial charge in [0.05, 0.1) is 12.1 Å². The number of H-pyrrole nitrogens is 1. The summed E-state index contributed by atoms with van der Waals surface area (Å²) in [5.41, 5.74) is 1.84. The van der Waals surface area contributed by atoms with Crippen molar-refractivity contribution >= 4 is 16.8 Å². The molecule has 2 aromatic rings. The molecule has 0 bridgehead atoms. The number of hydrogen-bond donors (Lipinski definition) is 3. The van der Waals surface area contributed by atoms with Crippen molar-refractivity contribution in [3.63, 3.8) is 0 Å². The predicted molar refractivity (Wildman–Crippen MR) is 87.1 cm³/mol. The number of alkyl halides is 2. The van der Waals surface area contributed by atoms with Crippen LogP contribution in [0.3, 0.4) is 0 Å². The number of hydrogen-bond acceptors (Lipinski definition) is 3. The maximum absolute atomic E-state index is 14.4. The van der Waals surface area contributed by atoms with Crippen LogP contribution >= 0.6 is 0 Å². The summed E-state index contributed by atoms with van der Waals surface area (Å²) in [6.45, 7) is 2.44. The van der Waals surface area contributed by atoms with Gasteiger partial charge >= 0.3 is 5.92 Å². The molecule has 1 aromatic heterocycles. The fourth-order valence-electron chi connectivity index (χ4n) is 3.26. The number of amides is 1. The Labute approximate surface area is 138 Å². The maximum Gasteiger partial charge on any atom is 0.328 e. The molecule has 1 aromatic carbocycles. The number of para-hydroxylation sites is 1. The van der Waals surface area contributed by atoms with E-state index in [0.717, 1.165) is 5.52 Å². The van der Waals surface area contributed by atoms with Crippen LogP contribution in [0, 0.1) is 6.92 Å². The second-order valence-electron chi connectivity index (χ2n) is 6.52. The van der Waals surface area contributed by atoms with Gasteiger partial charge in [0.2, 0.25) is 0 Å². The third-order valence-electron chi connectivity index (χ3n) is 4.55. The lowest BCUT2D eigenvalue weighted by Crippen LogP contribution is -2.50. The van der Waals surface area contributed by atoms with Crippen LogP contribution in [0.25, 0.3) is 10.9 Å². The molecule has 130 valence electrons. The Balaban J connectivity index is 1.77. The number of carbonyl (C=O) groups excluding carboxylic acids is 1. The smallest absolute Gasteiger partial charge is 0.328 e. The lowest BCUT2D eigenvalue weighted by molar-refractivity contribution is -0.146. The number of carbonyl (C=O) groups is 1. The molecule has 1 fully saturated rings. The molecule has 5 nitrogen and oxygen atoms in total. The lowest BCUT2D eigenvalue weighted by Gasteiger charge is -2.21. The van der Waals surface area contributed by atoms with Crippen LogP contribution < -0.4 is 5.32 Å². The molecule has 0 radical (unpaired) electrons. The summed E-state index contributed by atoms with van der Waals surface area (Å²) in [7, 11) is 1.77. The number of aliphatic hydroxyl groups is 1. The van der Waals surface area contributed by atoms with Crippen molar-refractivity contribution < 1.29 is 18.7 Å². The van der Waals surface area contributed by atoms with Gasteiger partial charge in [-0.3, -0.25) is 4.79 Å². The third kappa shape index (κ3) is 3.14. The van der Waals surface area contributed by atoms with Crippen molar-refractivity contribution in [3.05, 3.63) is 35.5 Å². The van der Waals surface area contributed by atoms with Gasteiger partial charge in [-0.1, -0.05) is 18.2 Å². The Kier molecular flexibility index (Phi) is 4.31. The monoisotopic (exact) mass is 337 g/mol. The quantitative estimate of drug-likeness (QED) is 0.791. The summed E-state index contributed by atoms with van der Waals surface area (Å²) in [4.78, 5) is 16.9. The zero-order chi connectivity index (χ0) is 17.5. The molecule has 0 saturated carbocycles. The molecule has 1 saturated heterocycles. The Hall–Kier alpha value is -1.99. The highest BCUT2D eigenvalue weighted by Gasteiger charge is 2.42. The Morgan fingerprint density at radius 3 is 2.79 bits per heavy atom. The highest BCUT2D eigenvalue weighted by molar-refractivity contribution is 5.88. The number of fused-ring (bicyclic) bond motifs is 1. The number of benzene rings is 1. The molecule has 1 aliphatic heterocycles. The summed E-state index contributed by atoms with van der Waals surface area (Å²) in [6.07, 6.45) is -1.50. The van der Waals surface area contributed by atoms with Gasteiger partial charge in [0.25, 0.3) is 5.91 Å². The molecule has 3 N–H and O–H groups in total. The number of likely N-dealkylation sites (N-methyl/N-ethyl adjacent to an activating group) is 1. The van der Waals surface area contributed by atoms with Crippen LogP contribution in [-0.4, -0.2) is 59.1 Å². The van der Waals surface area contributed by atoms with Gasteiger partial charge in [0.1, 0.15) is 0 Å². The van der Waals surface area contributed by atoms with E-state index in [1.54, 1.807) is 31.0 Å². The third-order valence-corrected chi connectivity index (χ3v) is 4.55. The molecule has 0 spiro atoms. The van der Waals surface area contributed by atoms with Crippen molar-refractivity contribution in [2.45, 2.75) is 31.4 Å². The van der Waals surface area contributed by atoms with Gasteiger partial charge < -0.3 is 20.3 Å². The first kappa shape index (κ1) is 16.9. The van der Waals surface area contributed by atoms with E-state index in [9.17, 15) is 18.7 Å². The van der Waals surface area contributed by atoms with E-state index in [4.69, 9.17) is 0 Å². The predicted octanol–water partition coefficient (Wildman–Crippen LogP) is 1.45. The van der Waals surface area contributed by atoms with Crippen molar-refractivity contribution in [2.75, 3.05) is 20.1 Å². The van der Waals surface area contributed by atoms with E-state index < -0.39 is 30.4 Å².